The number of fused-ring (bicyclic) bond motifs is 1. The maximum atomic E-state index is 13.2. The van der Waals surface area contributed by atoms with Crippen molar-refractivity contribution in [2.75, 3.05) is 5.32 Å². The molecular weight excluding hydrogens is 406 g/mol. The molecule has 1 unspecified atom stereocenters. The number of pyridine rings is 1. The fourth-order valence-corrected chi connectivity index (χ4v) is 4.80. The number of nitrogens with one attached hydrogen (secondary N) is 1. The van der Waals surface area contributed by atoms with Crippen LogP contribution in [0.2, 0.25) is 0 Å². The van der Waals surface area contributed by atoms with Crippen LogP contribution in [0.15, 0.2) is 58.7 Å². The number of carbonyl (C=O) groups is 1. The number of hydrogen-bond acceptors (Lipinski definition) is 4. The normalized spacial score (nSPS) is 12.1. The molecule has 2 aromatic carbocycles. The first kappa shape index (κ1) is 21.0. The largest absolute Gasteiger partial charge is 0.300 e. The Morgan fingerprint density at radius 3 is 2.55 bits per heavy atom. The SMILES string of the molecule is CCC(C(=O)Nc1nc(-c2ccccc2)cs1)n1c(=O)cc(C)c2cc(C)cc(C)c21. The summed E-state index contributed by atoms with van der Waals surface area (Å²) in [4.78, 5) is 30.8. The average molecular weight is 432 g/mol. The van der Waals surface area contributed by atoms with Crippen molar-refractivity contribution in [1.29, 1.82) is 0 Å². The number of nitrogens with zero attached hydrogens (tertiary/aromatic N) is 2. The summed E-state index contributed by atoms with van der Waals surface area (Å²) in [5.74, 6) is -0.233. The van der Waals surface area contributed by atoms with Gasteiger partial charge in [0.15, 0.2) is 5.13 Å². The van der Waals surface area contributed by atoms with Crippen molar-refractivity contribution in [3.8, 4) is 11.3 Å². The van der Waals surface area contributed by atoms with E-state index in [2.05, 4.69) is 22.4 Å². The first-order chi connectivity index (χ1) is 14.9. The Kier molecular flexibility index (Phi) is 5.74. The summed E-state index contributed by atoms with van der Waals surface area (Å²) in [6.07, 6.45) is 0.494. The van der Waals surface area contributed by atoms with Crippen LogP contribution < -0.4 is 10.9 Å². The second kappa shape index (κ2) is 8.47. The molecule has 0 bridgehead atoms. The number of amides is 1. The third-order valence-electron chi connectivity index (χ3n) is 5.49. The Hall–Kier alpha value is -3.25. The number of hydrogen-bond donors (Lipinski definition) is 1. The summed E-state index contributed by atoms with van der Waals surface area (Å²) in [5, 5.41) is 6.38. The Balaban J connectivity index is 1.71. The smallest absolute Gasteiger partial charge is 0.252 e. The fourth-order valence-electron chi connectivity index (χ4n) is 4.08. The first-order valence-corrected chi connectivity index (χ1v) is 11.2. The molecule has 2 aromatic heterocycles. The molecule has 0 aliphatic heterocycles. The van der Waals surface area contributed by atoms with Crippen LogP contribution in [-0.4, -0.2) is 15.5 Å². The van der Waals surface area contributed by atoms with Crippen LogP contribution in [0.3, 0.4) is 0 Å². The molecule has 0 aliphatic rings. The van der Waals surface area contributed by atoms with Crippen LogP contribution in [0.5, 0.6) is 0 Å². The average Bonchev–Trinajstić information content (AvgIpc) is 3.20. The van der Waals surface area contributed by atoms with E-state index in [1.165, 1.54) is 11.3 Å². The van der Waals surface area contributed by atoms with Gasteiger partial charge in [0.2, 0.25) is 5.91 Å². The molecule has 0 radical (unpaired) electrons. The summed E-state index contributed by atoms with van der Waals surface area (Å²) < 4.78 is 1.64. The number of anilines is 1. The Morgan fingerprint density at radius 2 is 1.84 bits per heavy atom. The van der Waals surface area contributed by atoms with Crippen molar-refractivity contribution in [2.45, 2.75) is 40.2 Å². The lowest BCUT2D eigenvalue weighted by Gasteiger charge is -2.22. The zero-order valence-electron chi connectivity index (χ0n) is 18.1. The van der Waals surface area contributed by atoms with Crippen LogP contribution in [0, 0.1) is 20.8 Å². The van der Waals surface area contributed by atoms with Crippen molar-refractivity contribution in [3.63, 3.8) is 0 Å². The Morgan fingerprint density at radius 1 is 1.10 bits per heavy atom. The zero-order chi connectivity index (χ0) is 22.1. The summed E-state index contributed by atoms with van der Waals surface area (Å²) in [5.41, 5.74) is 5.52. The van der Waals surface area contributed by atoms with Crippen LogP contribution in [-0.2, 0) is 4.79 Å². The lowest BCUT2D eigenvalue weighted by Crippen LogP contribution is -2.33. The number of thiazole rings is 1. The highest BCUT2D eigenvalue weighted by Gasteiger charge is 2.24. The van der Waals surface area contributed by atoms with Gasteiger partial charge in [-0.05, 0) is 44.4 Å². The summed E-state index contributed by atoms with van der Waals surface area (Å²) in [7, 11) is 0. The molecule has 0 saturated heterocycles. The summed E-state index contributed by atoms with van der Waals surface area (Å²) in [6.45, 7) is 7.89. The monoisotopic (exact) mass is 431 g/mol. The molecule has 158 valence electrons. The molecule has 0 fully saturated rings. The van der Waals surface area contributed by atoms with E-state index in [1.54, 1.807) is 10.6 Å². The van der Waals surface area contributed by atoms with Crippen molar-refractivity contribution in [3.05, 3.63) is 81.0 Å². The molecule has 1 amide bonds. The number of aromatic nitrogens is 2. The van der Waals surface area contributed by atoms with Crippen molar-refractivity contribution < 1.29 is 4.79 Å². The molecule has 4 rings (SSSR count). The lowest BCUT2D eigenvalue weighted by molar-refractivity contribution is -0.119. The number of rotatable bonds is 5. The Labute approximate surface area is 185 Å². The van der Waals surface area contributed by atoms with E-state index in [-0.39, 0.29) is 11.5 Å². The van der Waals surface area contributed by atoms with Gasteiger partial charge in [-0.3, -0.25) is 14.2 Å². The molecule has 31 heavy (non-hydrogen) atoms. The summed E-state index contributed by atoms with van der Waals surface area (Å²) >= 11 is 1.38. The van der Waals surface area contributed by atoms with E-state index in [1.807, 2.05) is 63.4 Å². The number of carbonyl (C=O) groups excluding carboxylic acids is 1. The molecule has 0 saturated carbocycles. The third-order valence-corrected chi connectivity index (χ3v) is 6.25. The highest BCUT2D eigenvalue weighted by molar-refractivity contribution is 7.14. The minimum Gasteiger partial charge on any atom is -0.300 e. The molecule has 2 heterocycles. The van der Waals surface area contributed by atoms with Gasteiger partial charge >= 0.3 is 0 Å². The molecule has 1 N–H and O–H groups in total. The van der Waals surface area contributed by atoms with E-state index in [0.29, 0.717) is 11.6 Å². The van der Waals surface area contributed by atoms with Crippen LogP contribution in [0.4, 0.5) is 5.13 Å². The molecule has 5 nitrogen and oxygen atoms in total. The van der Waals surface area contributed by atoms with Gasteiger partial charge in [-0.2, -0.15) is 0 Å². The van der Waals surface area contributed by atoms with Crippen LogP contribution in [0.25, 0.3) is 22.2 Å². The molecule has 6 heteroatoms. The van der Waals surface area contributed by atoms with Crippen LogP contribution >= 0.6 is 11.3 Å². The van der Waals surface area contributed by atoms with Crippen molar-refractivity contribution in [1.82, 2.24) is 9.55 Å². The third kappa shape index (κ3) is 4.03. The maximum absolute atomic E-state index is 13.2. The minimum atomic E-state index is -0.624. The molecule has 0 spiro atoms. The fraction of sp³-hybridized carbons (Fsp3) is 0.240. The van der Waals surface area contributed by atoms with Gasteiger partial charge in [-0.1, -0.05) is 48.9 Å². The number of benzene rings is 2. The van der Waals surface area contributed by atoms with E-state index in [0.717, 1.165) is 38.9 Å². The second-order valence-electron chi connectivity index (χ2n) is 7.83. The quantitative estimate of drug-likeness (QED) is 0.445. The minimum absolute atomic E-state index is 0.164. The van der Waals surface area contributed by atoms with Gasteiger partial charge in [-0.15, -0.1) is 11.3 Å². The predicted octanol–water partition coefficient (Wildman–Crippen LogP) is 5.64. The Bertz CT molecular complexity index is 1320. The van der Waals surface area contributed by atoms with Gasteiger partial charge in [0.05, 0.1) is 11.2 Å². The van der Waals surface area contributed by atoms with Crippen LogP contribution in [0.1, 0.15) is 36.1 Å². The van der Waals surface area contributed by atoms with Gasteiger partial charge in [-0.25, -0.2) is 4.98 Å². The second-order valence-corrected chi connectivity index (χ2v) is 8.69. The van der Waals surface area contributed by atoms with Gasteiger partial charge in [0, 0.05) is 22.4 Å². The highest BCUT2D eigenvalue weighted by Crippen LogP contribution is 2.28. The van der Waals surface area contributed by atoms with E-state index in [4.69, 9.17) is 0 Å². The van der Waals surface area contributed by atoms with E-state index >= 15 is 0 Å². The highest BCUT2D eigenvalue weighted by atomic mass is 32.1. The topological polar surface area (TPSA) is 64.0 Å². The van der Waals surface area contributed by atoms with Gasteiger partial charge in [0.1, 0.15) is 6.04 Å². The van der Waals surface area contributed by atoms with Gasteiger partial charge in [0.25, 0.3) is 5.56 Å². The zero-order valence-corrected chi connectivity index (χ0v) is 18.9. The van der Waals surface area contributed by atoms with Crippen molar-refractivity contribution >= 4 is 33.3 Å². The van der Waals surface area contributed by atoms with E-state index < -0.39 is 6.04 Å². The number of aryl methyl sites for hydroxylation is 3. The lowest BCUT2D eigenvalue weighted by atomic mass is 10.0. The first-order valence-electron chi connectivity index (χ1n) is 10.3. The predicted molar refractivity (Wildman–Crippen MR) is 128 cm³/mol. The maximum Gasteiger partial charge on any atom is 0.252 e. The van der Waals surface area contributed by atoms with Gasteiger partial charge < -0.3 is 5.32 Å². The standard InChI is InChI=1S/C25H25N3O2S/c1-5-21(24(30)27-25-26-20(14-31-25)18-9-7-6-8-10-18)28-22(29)13-16(3)19-12-15(2)11-17(4)23(19)28/h6-14,21H,5H2,1-4H3,(H,26,27,30). The van der Waals surface area contributed by atoms with Crippen molar-refractivity contribution in [2.24, 2.45) is 0 Å². The molecule has 1 atom stereocenters. The summed E-state index contributed by atoms with van der Waals surface area (Å²) in [6, 6.07) is 15.0. The molecule has 4 aromatic rings. The molecule has 0 aliphatic carbocycles. The van der Waals surface area contributed by atoms with E-state index in [9.17, 15) is 9.59 Å². The molecular formula is C25H25N3O2S.